The highest BCUT2D eigenvalue weighted by molar-refractivity contribution is 5.41. The van der Waals surface area contributed by atoms with Crippen molar-refractivity contribution in [3.8, 4) is 17.2 Å². The van der Waals surface area contributed by atoms with Crippen LogP contribution in [-0.2, 0) is 6.42 Å². The third-order valence-electron chi connectivity index (χ3n) is 3.17. The van der Waals surface area contributed by atoms with E-state index >= 15 is 0 Å². The minimum absolute atomic E-state index is 0.144. The molecule has 112 valence electrons. The highest BCUT2D eigenvalue weighted by Crippen LogP contribution is 2.27. The second-order valence-corrected chi connectivity index (χ2v) is 5.29. The average molecular weight is 285 g/mol. The van der Waals surface area contributed by atoms with Crippen molar-refractivity contribution in [3.63, 3.8) is 0 Å². The Labute approximate surface area is 126 Å². The maximum Gasteiger partial charge on any atom is 0.130 e. The Hall–Kier alpha value is -2.00. The molecular weight excluding hydrogens is 262 g/mol. The van der Waals surface area contributed by atoms with Gasteiger partial charge in [0.15, 0.2) is 0 Å². The van der Waals surface area contributed by atoms with Gasteiger partial charge in [0, 0.05) is 6.04 Å². The Balaban J connectivity index is 2.14. The predicted molar refractivity (Wildman–Crippen MR) is 86.2 cm³/mol. The fraction of sp³-hybridized carbons (Fsp3) is 0.333. The van der Waals surface area contributed by atoms with Crippen LogP contribution in [0.3, 0.4) is 0 Å². The van der Waals surface area contributed by atoms with Crippen molar-refractivity contribution < 1.29 is 9.47 Å². The van der Waals surface area contributed by atoms with Crippen molar-refractivity contribution in [1.82, 2.24) is 0 Å². The number of rotatable bonds is 6. The van der Waals surface area contributed by atoms with E-state index < -0.39 is 0 Å². The van der Waals surface area contributed by atoms with Crippen LogP contribution in [0.15, 0.2) is 42.5 Å². The molecule has 0 aliphatic heterocycles. The van der Waals surface area contributed by atoms with Gasteiger partial charge in [-0.2, -0.15) is 0 Å². The van der Waals surface area contributed by atoms with Crippen LogP contribution < -0.4 is 15.2 Å². The molecule has 0 heterocycles. The summed E-state index contributed by atoms with van der Waals surface area (Å²) in [6.07, 6.45) is 0.847. The second kappa shape index (κ2) is 7.14. The van der Waals surface area contributed by atoms with Gasteiger partial charge in [0.05, 0.1) is 6.61 Å². The molecule has 2 aromatic carbocycles. The molecular formula is C18H23NO2. The van der Waals surface area contributed by atoms with Crippen LogP contribution in [0.5, 0.6) is 17.2 Å². The number of ether oxygens (including phenoxy) is 2. The standard InChI is InChI=1S/C18H23NO2/c1-4-20-16-7-9-17(10-8-16)21-18-12-15(11-14(3)19)6-5-13(18)2/h5-10,12,14H,4,11,19H2,1-3H3. The van der Waals surface area contributed by atoms with E-state index in [9.17, 15) is 0 Å². The summed E-state index contributed by atoms with van der Waals surface area (Å²) in [7, 11) is 0. The zero-order valence-electron chi connectivity index (χ0n) is 12.9. The van der Waals surface area contributed by atoms with Gasteiger partial charge in [0.1, 0.15) is 17.2 Å². The molecule has 0 saturated carbocycles. The lowest BCUT2D eigenvalue weighted by atomic mass is 10.1. The van der Waals surface area contributed by atoms with Crippen molar-refractivity contribution in [3.05, 3.63) is 53.6 Å². The number of nitrogens with two attached hydrogens (primary N) is 1. The van der Waals surface area contributed by atoms with E-state index in [4.69, 9.17) is 15.2 Å². The molecule has 0 aromatic heterocycles. The first-order valence-electron chi connectivity index (χ1n) is 7.34. The summed E-state index contributed by atoms with van der Waals surface area (Å²) in [5, 5.41) is 0. The van der Waals surface area contributed by atoms with Crippen LogP contribution in [0.1, 0.15) is 25.0 Å². The molecule has 2 aromatic rings. The van der Waals surface area contributed by atoms with E-state index in [-0.39, 0.29) is 6.04 Å². The van der Waals surface area contributed by atoms with Gasteiger partial charge in [-0.3, -0.25) is 0 Å². The molecule has 0 aliphatic rings. The van der Waals surface area contributed by atoms with E-state index in [1.54, 1.807) is 0 Å². The first-order chi connectivity index (χ1) is 10.1. The Kier molecular flexibility index (Phi) is 5.23. The summed E-state index contributed by atoms with van der Waals surface area (Å²) in [6.45, 7) is 6.68. The molecule has 21 heavy (non-hydrogen) atoms. The van der Waals surface area contributed by atoms with Crippen LogP contribution in [0, 0.1) is 6.92 Å². The van der Waals surface area contributed by atoms with Gasteiger partial charge < -0.3 is 15.2 Å². The number of aryl methyl sites for hydroxylation is 1. The monoisotopic (exact) mass is 285 g/mol. The third kappa shape index (κ3) is 4.50. The molecule has 0 radical (unpaired) electrons. The molecule has 0 aliphatic carbocycles. The maximum absolute atomic E-state index is 5.97. The van der Waals surface area contributed by atoms with E-state index in [1.807, 2.05) is 45.0 Å². The van der Waals surface area contributed by atoms with Crippen molar-refractivity contribution in [2.45, 2.75) is 33.2 Å². The summed E-state index contributed by atoms with van der Waals surface area (Å²) in [5.74, 6) is 2.53. The van der Waals surface area contributed by atoms with Gasteiger partial charge in [-0.15, -0.1) is 0 Å². The van der Waals surface area contributed by atoms with Gasteiger partial charge in [0.25, 0.3) is 0 Å². The highest BCUT2D eigenvalue weighted by Gasteiger charge is 2.05. The number of hydrogen-bond donors (Lipinski definition) is 1. The highest BCUT2D eigenvalue weighted by atomic mass is 16.5. The third-order valence-corrected chi connectivity index (χ3v) is 3.17. The first kappa shape index (κ1) is 15.4. The molecule has 1 unspecified atom stereocenters. The van der Waals surface area contributed by atoms with E-state index in [0.29, 0.717) is 6.61 Å². The van der Waals surface area contributed by atoms with Crippen molar-refractivity contribution in [2.24, 2.45) is 5.73 Å². The van der Waals surface area contributed by atoms with Crippen molar-refractivity contribution in [2.75, 3.05) is 6.61 Å². The van der Waals surface area contributed by atoms with Gasteiger partial charge in [0.2, 0.25) is 0 Å². The largest absolute Gasteiger partial charge is 0.494 e. The Morgan fingerprint density at radius 1 is 1.05 bits per heavy atom. The molecule has 0 bridgehead atoms. The van der Waals surface area contributed by atoms with Crippen LogP contribution in [0.25, 0.3) is 0 Å². The number of hydrogen-bond acceptors (Lipinski definition) is 3. The SMILES string of the molecule is CCOc1ccc(Oc2cc(CC(C)N)ccc2C)cc1. The summed E-state index contributed by atoms with van der Waals surface area (Å²) in [5.41, 5.74) is 8.16. The van der Waals surface area contributed by atoms with E-state index in [1.165, 1.54) is 5.56 Å². The van der Waals surface area contributed by atoms with Crippen LogP contribution in [0.4, 0.5) is 0 Å². The number of benzene rings is 2. The zero-order chi connectivity index (χ0) is 15.2. The maximum atomic E-state index is 5.97. The summed E-state index contributed by atoms with van der Waals surface area (Å²) >= 11 is 0. The average Bonchev–Trinajstić information content (AvgIpc) is 2.44. The van der Waals surface area contributed by atoms with Crippen LogP contribution in [0.2, 0.25) is 0 Å². The van der Waals surface area contributed by atoms with E-state index in [2.05, 4.69) is 18.2 Å². The van der Waals surface area contributed by atoms with Crippen LogP contribution >= 0.6 is 0 Å². The van der Waals surface area contributed by atoms with E-state index in [0.717, 1.165) is 29.2 Å². The normalized spacial score (nSPS) is 12.0. The Bertz CT molecular complexity index is 576. The summed E-state index contributed by atoms with van der Waals surface area (Å²) < 4.78 is 11.4. The molecule has 2 N–H and O–H groups in total. The Morgan fingerprint density at radius 2 is 1.71 bits per heavy atom. The second-order valence-electron chi connectivity index (χ2n) is 5.29. The molecule has 0 spiro atoms. The van der Waals surface area contributed by atoms with Crippen molar-refractivity contribution in [1.29, 1.82) is 0 Å². The van der Waals surface area contributed by atoms with Gasteiger partial charge in [-0.25, -0.2) is 0 Å². The van der Waals surface area contributed by atoms with Gasteiger partial charge >= 0.3 is 0 Å². The smallest absolute Gasteiger partial charge is 0.130 e. The lowest BCUT2D eigenvalue weighted by Gasteiger charge is -2.12. The topological polar surface area (TPSA) is 44.5 Å². The zero-order valence-corrected chi connectivity index (χ0v) is 12.9. The molecule has 0 amide bonds. The van der Waals surface area contributed by atoms with Gasteiger partial charge in [-0.1, -0.05) is 12.1 Å². The van der Waals surface area contributed by atoms with Gasteiger partial charge in [-0.05, 0) is 68.7 Å². The molecule has 0 saturated heterocycles. The van der Waals surface area contributed by atoms with Crippen LogP contribution in [-0.4, -0.2) is 12.6 Å². The minimum Gasteiger partial charge on any atom is -0.494 e. The molecule has 3 heteroatoms. The quantitative estimate of drug-likeness (QED) is 0.870. The molecule has 0 fully saturated rings. The Morgan fingerprint density at radius 3 is 2.33 bits per heavy atom. The summed E-state index contributed by atoms with van der Waals surface area (Å²) in [6, 6.07) is 14.1. The lowest BCUT2D eigenvalue weighted by molar-refractivity contribution is 0.339. The van der Waals surface area contributed by atoms with Crippen molar-refractivity contribution >= 4 is 0 Å². The summed E-state index contributed by atoms with van der Waals surface area (Å²) in [4.78, 5) is 0. The fourth-order valence-electron chi connectivity index (χ4n) is 2.15. The lowest BCUT2D eigenvalue weighted by Crippen LogP contribution is -2.17. The predicted octanol–water partition coefficient (Wildman–Crippen LogP) is 4.08. The minimum atomic E-state index is 0.144. The first-order valence-corrected chi connectivity index (χ1v) is 7.34. The molecule has 1 atom stereocenters. The molecule has 3 nitrogen and oxygen atoms in total. The molecule has 2 rings (SSSR count). The fourth-order valence-corrected chi connectivity index (χ4v) is 2.15.